The normalized spacial score (nSPS) is 10.7. The van der Waals surface area contributed by atoms with Gasteiger partial charge in [-0.3, -0.25) is 4.79 Å². The van der Waals surface area contributed by atoms with E-state index in [2.05, 4.69) is 37.8 Å². The first-order valence-corrected chi connectivity index (χ1v) is 6.92. The summed E-state index contributed by atoms with van der Waals surface area (Å²) >= 11 is 0. The van der Waals surface area contributed by atoms with Gasteiger partial charge in [0.25, 0.3) is 0 Å². The number of nitrogens with zero attached hydrogens (tertiary/aromatic N) is 1. The molecule has 0 heterocycles. The van der Waals surface area contributed by atoms with Crippen LogP contribution in [0.3, 0.4) is 0 Å². The number of aldehydes is 1. The molecule has 0 bridgehead atoms. The van der Waals surface area contributed by atoms with E-state index in [0.29, 0.717) is 6.04 Å². The van der Waals surface area contributed by atoms with Crippen LogP contribution in [0.1, 0.15) is 56.0 Å². The first kappa shape index (κ1) is 14.7. The van der Waals surface area contributed by atoms with Gasteiger partial charge in [0.1, 0.15) is 6.29 Å². The van der Waals surface area contributed by atoms with Crippen molar-refractivity contribution in [2.24, 2.45) is 0 Å². The zero-order valence-electron chi connectivity index (χ0n) is 12.1. The van der Waals surface area contributed by atoms with Crippen molar-refractivity contribution in [1.82, 2.24) is 0 Å². The molecule has 1 aromatic carbocycles. The van der Waals surface area contributed by atoms with Gasteiger partial charge in [0.2, 0.25) is 0 Å². The van der Waals surface area contributed by atoms with Crippen LogP contribution >= 0.6 is 0 Å². The molecule has 0 aliphatic rings. The Hall–Kier alpha value is -1.31. The summed E-state index contributed by atoms with van der Waals surface area (Å²) in [5.74, 6) is 0. The van der Waals surface area contributed by atoms with Gasteiger partial charge in [-0.05, 0) is 51.0 Å². The zero-order valence-corrected chi connectivity index (χ0v) is 12.1. The van der Waals surface area contributed by atoms with Gasteiger partial charge < -0.3 is 4.90 Å². The Morgan fingerprint density at radius 3 is 2.50 bits per heavy atom. The molecule has 0 unspecified atom stereocenters. The minimum atomic E-state index is 0.489. The molecular formula is C16H25NO. The molecule has 18 heavy (non-hydrogen) atoms. The third-order valence-corrected chi connectivity index (χ3v) is 3.34. The summed E-state index contributed by atoms with van der Waals surface area (Å²) in [6.07, 6.45) is 4.67. The van der Waals surface area contributed by atoms with E-state index in [9.17, 15) is 4.79 Å². The van der Waals surface area contributed by atoms with Gasteiger partial charge in [0, 0.05) is 23.8 Å². The average molecular weight is 247 g/mol. The minimum Gasteiger partial charge on any atom is -0.369 e. The van der Waals surface area contributed by atoms with Crippen molar-refractivity contribution >= 4 is 12.0 Å². The van der Waals surface area contributed by atoms with Crippen LogP contribution in [0, 0.1) is 6.92 Å². The molecule has 0 atom stereocenters. The van der Waals surface area contributed by atoms with Crippen molar-refractivity contribution in [1.29, 1.82) is 0 Å². The van der Waals surface area contributed by atoms with E-state index in [1.54, 1.807) is 0 Å². The summed E-state index contributed by atoms with van der Waals surface area (Å²) < 4.78 is 0. The Morgan fingerprint density at radius 1 is 1.28 bits per heavy atom. The molecule has 2 nitrogen and oxygen atoms in total. The SMILES string of the molecule is CCCCCN(c1ccc(C=O)c(C)c1)C(C)C. The predicted molar refractivity (Wildman–Crippen MR) is 78.6 cm³/mol. The maximum absolute atomic E-state index is 10.8. The van der Waals surface area contributed by atoms with Crippen molar-refractivity contribution in [3.8, 4) is 0 Å². The maximum Gasteiger partial charge on any atom is 0.150 e. The Labute approximate surface area is 111 Å². The molecule has 0 saturated heterocycles. The van der Waals surface area contributed by atoms with Crippen LogP contribution in [0.25, 0.3) is 0 Å². The van der Waals surface area contributed by atoms with Crippen LogP contribution in [0.5, 0.6) is 0 Å². The Balaban J connectivity index is 2.85. The second-order valence-corrected chi connectivity index (χ2v) is 5.15. The maximum atomic E-state index is 10.8. The molecule has 1 aromatic rings. The van der Waals surface area contributed by atoms with E-state index in [4.69, 9.17) is 0 Å². The zero-order chi connectivity index (χ0) is 13.5. The molecule has 0 radical (unpaired) electrons. The first-order chi connectivity index (χ1) is 8.60. The molecule has 0 aromatic heterocycles. The lowest BCUT2D eigenvalue weighted by molar-refractivity contribution is 0.112. The lowest BCUT2D eigenvalue weighted by Gasteiger charge is -2.29. The molecule has 0 amide bonds. The summed E-state index contributed by atoms with van der Waals surface area (Å²) in [5, 5.41) is 0. The fraction of sp³-hybridized carbons (Fsp3) is 0.562. The van der Waals surface area contributed by atoms with Crippen molar-refractivity contribution in [2.75, 3.05) is 11.4 Å². The van der Waals surface area contributed by atoms with Crippen molar-refractivity contribution in [3.05, 3.63) is 29.3 Å². The highest BCUT2D eigenvalue weighted by molar-refractivity contribution is 5.78. The Bertz CT molecular complexity index is 385. The largest absolute Gasteiger partial charge is 0.369 e. The summed E-state index contributed by atoms with van der Waals surface area (Å²) in [5.41, 5.74) is 3.07. The van der Waals surface area contributed by atoms with Gasteiger partial charge in [-0.2, -0.15) is 0 Å². The highest BCUT2D eigenvalue weighted by Gasteiger charge is 2.11. The Kier molecular flexibility index (Phi) is 5.90. The smallest absolute Gasteiger partial charge is 0.150 e. The van der Waals surface area contributed by atoms with Gasteiger partial charge in [0.15, 0.2) is 0 Å². The van der Waals surface area contributed by atoms with Crippen LogP contribution in [0.4, 0.5) is 5.69 Å². The number of carbonyl (C=O) groups excluding carboxylic acids is 1. The van der Waals surface area contributed by atoms with E-state index < -0.39 is 0 Å². The van der Waals surface area contributed by atoms with Gasteiger partial charge >= 0.3 is 0 Å². The highest BCUT2D eigenvalue weighted by Crippen LogP contribution is 2.21. The minimum absolute atomic E-state index is 0.489. The van der Waals surface area contributed by atoms with Crippen LogP contribution in [-0.4, -0.2) is 18.9 Å². The quantitative estimate of drug-likeness (QED) is 0.531. The van der Waals surface area contributed by atoms with Gasteiger partial charge in [-0.1, -0.05) is 19.8 Å². The fourth-order valence-corrected chi connectivity index (χ4v) is 2.19. The van der Waals surface area contributed by atoms with Crippen molar-refractivity contribution < 1.29 is 4.79 Å². The molecule has 0 spiro atoms. The second kappa shape index (κ2) is 7.20. The van der Waals surface area contributed by atoms with E-state index in [-0.39, 0.29) is 0 Å². The van der Waals surface area contributed by atoms with Crippen molar-refractivity contribution in [2.45, 2.75) is 53.0 Å². The monoisotopic (exact) mass is 247 g/mol. The highest BCUT2D eigenvalue weighted by atomic mass is 16.1. The van der Waals surface area contributed by atoms with E-state index in [1.165, 1.54) is 24.9 Å². The second-order valence-electron chi connectivity index (χ2n) is 5.15. The van der Waals surface area contributed by atoms with Crippen LogP contribution in [0.2, 0.25) is 0 Å². The summed E-state index contributed by atoms with van der Waals surface area (Å²) in [6.45, 7) is 9.75. The number of aryl methyl sites for hydroxylation is 1. The average Bonchev–Trinajstić information content (AvgIpc) is 2.34. The number of hydrogen-bond acceptors (Lipinski definition) is 2. The molecular weight excluding hydrogens is 222 g/mol. The summed E-state index contributed by atoms with van der Waals surface area (Å²) in [7, 11) is 0. The lowest BCUT2D eigenvalue weighted by atomic mass is 10.1. The molecule has 0 N–H and O–H groups in total. The number of carbonyl (C=O) groups is 1. The number of hydrogen-bond donors (Lipinski definition) is 0. The fourth-order valence-electron chi connectivity index (χ4n) is 2.19. The molecule has 1 rings (SSSR count). The van der Waals surface area contributed by atoms with E-state index in [0.717, 1.165) is 24.0 Å². The van der Waals surface area contributed by atoms with Crippen LogP contribution in [0.15, 0.2) is 18.2 Å². The number of unbranched alkanes of at least 4 members (excludes halogenated alkanes) is 2. The molecule has 0 fully saturated rings. The number of rotatable bonds is 7. The van der Waals surface area contributed by atoms with Crippen molar-refractivity contribution in [3.63, 3.8) is 0 Å². The topological polar surface area (TPSA) is 20.3 Å². The summed E-state index contributed by atoms with van der Waals surface area (Å²) in [6, 6.07) is 6.59. The van der Waals surface area contributed by atoms with Gasteiger partial charge in [-0.25, -0.2) is 0 Å². The molecule has 0 aliphatic carbocycles. The van der Waals surface area contributed by atoms with E-state index >= 15 is 0 Å². The van der Waals surface area contributed by atoms with Crippen LogP contribution < -0.4 is 4.90 Å². The Morgan fingerprint density at radius 2 is 2.00 bits per heavy atom. The lowest BCUT2D eigenvalue weighted by Crippen LogP contribution is -2.31. The van der Waals surface area contributed by atoms with Crippen LogP contribution in [-0.2, 0) is 0 Å². The summed E-state index contributed by atoms with van der Waals surface area (Å²) in [4.78, 5) is 13.3. The molecule has 0 saturated carbocycles. The molecule has 2 heteroatoms. The third kappa shape index (κ3) is 3.86. The standard InChI is InChI=1S/C16H25NO/c1-5-6-7-10-17(13(2)3)16-9-8-15(12-18)14(4)11-16/h8-9,11-13H,5-7,10H2,1-4H3. The number of anilines is 1. The number of benzene rings is 1. The van der Waals surface area contributed by atoms with Gasteiger partial charge in [0.05, 0.1) is 0 Å². The van der Waals surface area contributed by atoms with E-state index in [1.807, 2.05) is 13.0 Å². The molecule has 100 valence electrons. The van der Waals surface area contributed by atoms with Gasteiger partial charge in [-0.15, -0.1) is 0 Å². The predicted octanol–water partition coefficient (Wildman–Crippen LogP) is 4.21. The third-order valence-electron chi connectivity index (χ3n) is 3.34. The first-order valence-electron chi connectivity index (χ1n) is 6.92. The molecule has 0 aliphatic heterocycles.